The molecule has 0 aliphatic carbocycles. The monoisotopic (exact) mass is 227 g/mol. The molecule has 0 aliphatic heterocycles. The van der Waals surface area contributed by atoms with Gasteiger partial charge in [-0.15, -0.1) is 0 Å². The van der Waals surface area contributed by atoms with E-state index in [9.17, 15) is 4.79 Å². The number of hydrogen-bond donors (Lipinski definition) is 1. The average Bonchev–Trinajstić information content (AvgIpc) is 2.17. The van der Waals surface area contributed by atoms with E-state index < -0.39 is 0 Å². The van der Waals surface area contributed by atoms with Gasteiger partial charge in [-0.2, -0.15) is 0 Å². The van der Waals surface area contributed by atoms with Gasteiger partial charge < -0.3 is 10.1 Å². The Morgan fingerprint density at radius 1 is 1.44 bits per heavy atom. The first-order valence-corrected chi connectivity index (χ1v) is 5.96. The number of unbranched alkanes of at least 4 members (excludes halogenated alkanes) is 1. The first-order chi connectivity index (χ1) is 7.39. The van der Waals surface area contributed by atoms with Gasteiger partial charge in [0.15, 0.2) is 0 Å². The molecular formula is C13H25NO2. The molecule has 0 aromatic heterocycles. The van der Waals surface area contributed by atoms with Crippen molar-refractivity contribution in [1.29, 1.82) is 0 Å². The van der Waals surface area contributed by atoms with Gasteiger partial charge in [0.25, 0.3) is 0 Å². The topological polar surface area (TPSA) is 38.3 Å². The third kappa shape index (κ3) is 7.46. The summed E-state index contributed by atoms with van der Waals surface area (Å²) in [5, 5.41) is 3.45. The molecule has 0 spiro atoms. The smallest absolute Gasteiger partial charge is 0.333 e. The maximum Gasteiger partial charge on any atom is 0.333 e. The average molecular weight is 227 g/mol. The fraction of sp³-hybridized carbons (Fsp3) is 0.769. The van der Waals surface area contributed by atoms with Crippen molar-refractivity contribution in [1.82, 2.24) is 5.32 Å². The molecule has 0 amide bonds. The number of nitrogens with one attached hydrogen (secondary N) is 1. The number of carbonyl (C=O) groups excluding carboxylic acids is 1. The predicted octanol–water partition coefficient (Wildman–Crippen LogP) is 2.66. The molecule has 3 heteroatoms. The van der Waals surface area contributed by atoms with Gasteiger partial charge in [-0.1, -0.05) is 19.9 Å². The van der Waals surface area contributed by atoms with Crippen LogP contribution in [0.5, 0.6) is 0 Å². The minimum absolute atomic E-state index is 0.0184. The van der Waals surface area contributed by atoms with Gasteiger partial charge in [0.1, 0.15) is 0 Å². The van der Waals surface area contributed by atoms with Gasteiger partial charge in [-0.25, -0.2) is 4.79 Å². The first kappa shape index (κ1) is 15.2. The Bertz CT molecular complexity index is 234. The highest BCUT2D eigenvalue weighted by Gasteiger charge is 2.17. The Morgan fingerprint density at radius 3 is 2.56 bits per heavy atom. The predicted molar refractivity (Wildman–Crippen MR) is 67.4 cm³/mol. The summed E-state index contributed by atoms with van der Waals surface area (Å²) in [4.78, 5) is 11.1. The second-order valence-electron chi connectivity index (χ2n) is 4.83. The lowest BCUT2D eigenvalue weighted by Gasteiger charge is -2.26. The van der Waals surface area contributed by atoms with E-state index >= 15 is 0 Å². The van der Waals surface area contributed by atoms with Crippen molar-refractivity contribution in [2.45, 2.75) is 52.5 Å². The molecule has 0 aromatic rings. The zero-order valence-electron chi connectivity index (χ0n) is 11.1. The van der Waals surface area contributed by atoms with E-state index in [0.29, 0.717) is 12.2 Å². The van der Waals surface area contributed by atoms with Crippen LogP contribution < -0.4 is 5.32 Å². The molecule has 1 N–H and O–H groups in total. The third-order valence-corrected chi connectivity index (χ3v) is 2.44. The molecule has 0 aliphatic rings. The Kier molecular flexibility index (Phi) is 7.06. The summed E-state index contributed by atoms with van der Waals surface area (Å²) in [5.74, 6) is -0.302. The largest absolute Gasteiger partial charge is 0.462 e. The van der Waals surface area contributed by atoms with Crippen molar-refractivity contribution >= 4 is 5.97 Å². The zero-order valence-corrected chi connectivity index (χ0v) is 11.1. The number of rotatable bonds is 8. The number of ether oxygens (including phenoxy) is 1. The fourth-order valence-corrected chi connectivity index (χ4v) is 1.21. The van der Waals surface area contributed by atoms with Crippen LogP contribution in [0, 0.1) is 0 Å². The van der Waals surface area contributed by atoms with Crippen LogP contribution in [0.3, 0.4) is 0 Å². The molecule has 0 atom stereocenters. The van der Waals surface area contributed by atoms with E-state index in [1.165, 1.54) is 12.8 Å². The van der Waals surface area contributed by atoms with Crippen molar-refractivity contribution in [2.75, 3.05) is 13.2 Å². The van der Waals surface area contributed by atoms with E-state index in [1.807, 2.05) is 0 Å². The highest BCUT2D eigenvalue weighted by Crippen LogP contribution is 2.09. The standard InChI is InChI=1S/C13H25NO2/c1-6-7-9-14-13(4,5)8-10-16-12(15)11(2)3/h14H,2,6-10H2,1,3-5H3. The molecule has 0 saturated heterocycles. The second kappa shape index (κ2) is 7.44. The lowest BCUT2D eigenvalue weighted by Crippen LogP contribution is -2.40. The summed E-state index contributed by atoms with van der Waals surface area (Å²) >= 11 is 0. The van der Waals surface area contributed by atoms with Crippen LogP contribution in [0.1, 0.15) is 47.0 Å². The molecule has 0 bridgehead atoms. The molecule has 0 heterocycles. The highest BCUT2D eigenvalue weighted by atomic mass is 16.5. The van der Waals surface area contributed by atoms with Crippen LogP contribution in [0.25, 0.3) is 0 Å². The third-order valence-electron chi connectivity index (χ3n) is 2.44. The van der Waals surface area contributed by atoms with Crippen LogP contribution >= 0.6 is 0 Å². The van der Waals surface area contributed by atoms with Crippen LogP contribution in [-0.2, 0) is 9.53 Å². The molecular weight excluding hydrogens is 202 g/mol. The Balaban J connectivity index is 3.73. The minimum atomic E-state index is -0.302. The summed E-state index contributed by atoms with van der Waals surface area (Å²) in [5.41, 5.74) is 0.474. The molecule has 3 nitrogen and oxygen atoms in total. The van der Waals surface area contributed by atoms with Crippen molar-refractivity contribution < 1.29 is 9.53 Å². The van der Waals surface area contributed by atoms with E-state index in [-0.39, 0.29) is 11.5 Å². The summed E-state index contributed by atoms with van der Waals surface area (Å²) in [6.45, 7) is 13.1. The maximum atomic E-state index is 11.1. The minimum Gasteiger partial charge on any atom is -0.462 e. The fourth-order valence-electron chi connectivity index (χ4n) is 1.21. The molecule has 0 radical (unpaired) electrons. The van der Waals surface area contributed by atoms with Gasteiger partial charge >= 0.3 is 5.97 Å². The summed E-state index contributed by atoms with van der Waals surface area (Å²) in [6.07, 6.45) is 3.18. The first-order valence-electron chi connectivity index (χ1n) is 5.96. The van der Waals surface area contributed by atoms with E-state index in [1.54, 1.807) is 6.92 Å². The lowest BCUT2D eigenvalue weighted by atomic mass is 10.0. The van der Waals surface area contributed by atoms with Crippen molar-refractivity contribution in [3.8, 4) is 0 Å². The van der Waals surface area contributed by atoms with Gasteiger partial charge in [0.2, 0.25) is 0 Å². The Morgan fingerprint density at radius 2 is 2.06 bits per heavy atom. The molecule has 0 saturated carbocycles. The van der Waals surface area contributed by atoms with Gasteiger partial charge in [0, 0.05) is 11.1 Å². The van der Waals surface area contributed by atoms with Gasteiger partial charge in [0.05, 0.1) is 6.61 Å². The summed E-state index contributed by atoms with van der Waals surface area (Å²) < 4.78 is 5.07. The van der Waals surface area contributed by atoms with Crippen LogP contribution in [0.2, 0.25) is 0 Å². The van der Waals surface area contributed by atoms with E-state index in [2.05, 4.69) is 32.7 Å². The van der Waals surface area contributed by atoms with Crippen LogP contribution in [0.15, 0.2) is 12.2 Å². The molecule has 0 aromatic carbocycles. The normalized spacial score (nSPS) is 11.2. The number of hydrogen-bond acceptors (Lipinski definition) is 3. The molecule has 16 heavy (non-hydrogen) atoms. The van der Waals surface area contributed by atoms with E-state index in [0.717, 1.165) is 13.0 Å². The maximum absolute atomic E-state index is 11.1. The highest BCUT2D eigenvalue weighted by molar-refractivity contribution is 5.86. The molecule has 94 valence electrons. The number of esters is 1. The number of carbonyl (C=O) groups is 1. The Hall–Kier alpha value is -0.830. The quantitative estimate of drug-likeness (QED) is 0.393. The SMILES string of the molecule is C=C(C)C(=O)OCCC(C)(C)NCCCC. The van der Waals surface area contributed by atoms with Crippen molar-refractivity contribution in [2.24, 2.45) is 0 Å². The van der Waals surface area contributed by atoms with Crippen molar-refractivity contribution in [3.05, 3.63) is 12.2 Å². The van der Waals surface area contributed by atoms with Crippen molar-refractivity contribution in [3.63, 3.8) is 0 Å². The Labute approximate surface area is 99.3 Å². The zero-order chi connectivity index (χ0) is 12.6. The summed E-state index contributed by atoms with van der Waals surface area (Å²) in [7, 11) is 0. The molecule has 0 rings (SSSR count). The summed E-state index contributed by atoms with van der Waals surface area (Å²) in [6, 6.07) is 0. The van der Waals surface area contributed by atoms with Crippen LogP contribution in [0.4, 0.5) is 0 Å². The van der Waals surface area contributed by atoms with Crippen LogP contribution in [-0.4, -0.2) is 24.7 Å². The lowest BCUT2D eigenvalue weighted by molar-refractivity contribution is -0.139. The molecule has 0 unspecified atom stereocenters. The van der Waals surface area contributed by atoms with E-state index in [4.69, 9.17) is 4.74 Å². The second-order valence-corrected chi connectivity index (χ2v) is 4.83. The molecule has 0 fully saturated rings. The van der Waals surface area contributed by atoms with Gasteiger partial charge in [-0.3, -0.25) is 0 Å². The van der Waals surface area contributed by atoms with Gasteiger partial charge in [-0.05, 0) is 40.2 Å².